The van der Waals surface area contributed by atoms with Gasteiger partial charge in [-0.25, -0.2) is 4.98 Å². The number of para-hydroxylation sites is 1. The largest absolute Gasteiger partial charge is 0.299 e. The maximum Gasteiger partial charge on any atom is 0.151 e. The molecule has 0 atom stereocenters. The quantitative estimate of drug-likeness (QED) is 0.324. The van der Waals surface area contributed by atoms with Crippen LogP contribution >= 0.6 is 23.1 Å². The lowest BCUT2D eigenvalue weighted by Crippen LogP contribution is -2.00. The number of thiazole rings is 1. The first kappa shape index (κ1) is 18.5. The Morgan fingerprint density at radius 3 is 2.48 bits per heavy atom. The lowest BCUT2D eigenvalue weighted by atomic mass is 10.1. The smallest absolute Gasteiger partial charge is 0.151 e. The van der Waals surface area contributed by atoms with Gasteiger partial charge in [0, 0.05) is 6.42 Å². The number of rotatable bonds is 12. The maximum absolute atomic E-state index is 12.0. The topological polar surface area (TPSA) is 30.0 Å². The highest BCUT2D eigenvalue weighted by Gasteiger charge is 2.07. The number of carbonyl (C=O) groups is 1. The van der Waals surface area contributed by atoms with Crippen molar-refractivity contribution in [3.8, 4) is 0 Å². The molecule has 0 spiro atoms. The third-order valence-electron chi connectivity index (χ3n) is 3.94. The van der Waals surface area contributed by atoms with Crippen molar-refractivity contribution in [2.75, 3.05) is 5.75 Å². The molecule has 0 bridgehead atoms. The van der Waals surface area contributed by atoms with Crippen molar-refractivity contribution in [3.05, 3.63) is 24.3 Å². The van der Waals surface area contributed by atoms with Crippen LogP contribution in [0.4, 0.5) is 0 Å². The molecule has 0 radical (unpaired) electrons. The second-order valence-electron chi connectivity index (χ2n) is 6.00. The van der Waals surface area contributed by atoms with Gasteiger partial charge in [-0.05, 0) is 18.6 Å². The maximum atomic E-state index is 12.0. The number of carbonyl (C=O) groups excluding carboxylic acids is 1. The summed E-state index contributed by atoms with van der Waals surface area (Å²) in [5.74, 6) is 0.927. The van der Waals surface area contributed by atoms with Crippen LogP contribution in [0, 0.1) is 0 Å². The SMILES string of the molecule is CCCCCCCCCCC(=O)CSc1nc2ccccc2s1. The summed E-state index contributed by atoms with van der Waals surface area (Å²) < 4.78 is 2.21. The molecular formula is C19H27NOS2. The number of thioether (sulfide) groups is 1. The minimum atomic E-state index is 0.361. The van der Waals surface area contributed by atoms with Gasteiger partial charge in [0.2, 0.25) is 0 Å². The van der Waals surface area contributed by atoms with Gasteiger partial charge in [0.15, 0.2) is 4.34 Å². The number of unbranched alkanes of at least 4 members (excludes halogenated alkanes) is 7. The molecule has 1 aromatic heterocycles. The molecule has 1 aromatic carbocycles. The Morgan fingerprint density at radius 2 is 1.74 bits per heavy atom. The number of aromatic nitrogens is 1. The molecule has 0 fully saturated rings. The van der Waals surface area contributed by atoms with Gasteiger partial charge < -0.3 is 0 Å². The summed E-state index contributed by atoms with van der Waals surface area (Å²) in [6.07, 6.45) is 11.0. The minimum absolute atomic E-state index is 0.361. The Balaban J connectivity index is 1.55. The van der Waals surface area contributed by atoms with E-state index in [1.54, 1.807) is 23.1 Å². The molecule has 0 aliphatic carbocycles. The first-order chi connectivity index (χ1) is 11.3. The minimum Gasteiger partial charge on any atom is -0.299 e. The van der Waals surface area contributed by atoms with Gasteiger partial charge in [-0.2, -0.15) is 0 Å². The Labute approximate surface area is 148 Å². The first-order valence-electron chi connectivity index (χ1n) is 8.79. The van der Waals surface area contributed by atoms with E-state index in [1.165, 1.54) is 49.6 Å². The predicted octanol–water partition coefficient (Wildman–Crippen LogP) is 6.49. The van der Waals surface area contributed by atoms with Crippen molar-refractivity contribution in [2.24, 2.45) is 0 Å². The van der Waals surface area contributed by atoms with Crippen LogP contribution in [-0.4, -0.2) is 16.5 Å². The molecule has 23 heavy (non-hydrogen) atoms. The molecular weight excluding hydrogens is 322 g/mol. The number of ketones is 1. The Kier molecular flexibility index (Phi) is 8.69. The van der Waals surface area contributed by atoms with Crippen molar-refractivity contribution >= 4 is 39.1 Å². The van der Waals surface area contributed by atoms with E-state index in [4.69, 9.17) is 0 Å². The third-order valence-corrected chi connectivity index (χ3v) is 6.18. The summed E-state index contributed by atoms with van der Waals surface area (Å²) in [5, 5.41) is 0. The highest BCUT2D eigenvalue weighted by atomic mass is 32.2. The van der Waals surface area contributed by atoms with Crippen LogP contribution < -0.4 is 0 Å². The van der Waals surface area contributed by atoms with Crippen molar-refractivity contribution in [2.45, 2.75) is 69.1 Å². The van der Waals surface area contributed by atoms with Crippen molar-refractivity contribution in [3.63, 3.8) is 0 Å². The molecule has 4 heteroatoms. The molecule has 0 saturated carbocycles. The fraction of sp³-hybridized carbons (Fsp3) is 0.579. The number of nitrogens with zero attached hydrogens (tertiary/aromatic N) is 1. The van der Waals surface area contributed by atoms with Crippen LogP contribution in [0.5, 0.6) is 0 Å². The lowest BCUT2D eigenvalue weighted by molar-refractivity contribution is -0.116. The summed E-state index contributed by atoms with van der Waals surface area (Å²) in [7, 11) is 0. The van der Waals surface area contributed by atoms with Crippen molar-refractivity contribution < 1.29 is 4.79 Å². The molecule has 2 rings (SSSR count). The van der Waals surface area contributed by atoms with Gasteiger partial charge in [0.1, 0.15) is 5.78 Å². The Morgan fingerprint density at radius 1 is 1.04 bits per heavy atom. The van der Waals surface area contributed by atoms with E-state index >= 15 is 0 Å². The van der Waals surface area contributed by atoms with E-state index in [0.29, 0.717) is 11.5 Å². The zero-order valence-corrected chi connectivity index (χ0v) is 15.7. The molecule has 0 aliphatic heterocycles. The molecule has 1 heterocycles. The van der Waals surface area contributed by atoms with Crippen molar-refractivity contribution in [1.29, 1.82) is 0 Å². The van der Waals surface area contributed by atoms with Crippen LogP contribution in [0.3, 0.4) is 0 Å². The predicted molar refractivity (Wildman–Crippen MR) is 103 cm³/mol. The van der Waals surface area contributed by atoms with Gasteiger partial charge in [-0.1, -0.05) is 75.8 Å². The monoisotopic (exact) mass is 349 g/mol. The molecule has 2 nitrogen and oxygen atoms in total. The van der Waals surface area contributed by atoms with Crippen molar-refractivity contribution in [1.82, 2.24) is 4.98 Å². The van der Waals surface area contributed by atoms with E-state index in [-0.39, 0.29) is 0 Å². The van der Waals surface area contributed by atoms with Gasteiger partial charge in [0.05, 0.1) is 16.0 Å². The second kappa shape index (κ2) is 10.8. The summed E-state index contributed by atoms with van der Waals surface area (Å²) in [6.45, 7) is 2.25. The molecule has 126 valence electrons. The van der Waals surface area contributed by atoms with Gasteiger partial charge in [0.25, 0.3) is 0 Å². The van der Waals surface area contributed by atoms with E-state index in [9.17, 15) is 4.79 Å². The van der Waals surface area contributed by atoms with Crippen LogP contribution in [0.2, 0.25) is 0 Å². The molecule has 0 amide bonds. The zero-order chi connectivity index (χ0) is 16.3. The molecule has 0 unspecified atom stereocenters. The summed E-state index contributed by atoms with van der Waals surface area (Å²) in [4.78, 5) is 16.5. The van der Waals surface area contributed by atoms with Crippen LogP contribution in [0.1, 0.15) is 64.7 Å². The van der Waals surface area contributed by atoms with E-state index < -0.39 is 0 Å². The van der Waals surface area contributed by atoms with Crippen LogP contribution in [0.25, 0.3) is 10.2 Å². The number of Topliss-reactive ketones (excluding diaryl/α,β-unsaturated/α-hetero) is 1. The van der Waals surface area contributed by atoms with Gasteiger partial charge in [-0.15, -0.1) is 11.3 Å². The summed E-state index contributed by atoms with van der Waals surface area (Å²) in [6, 6.07) is 8.14. The standard InChI is InChI=1S/C19H27NOS2/c1-2-3-4-5-6-7-8-9-12-16(21)15-22-19-20-17-13-10-11-14-18(17)23-19/h10-11,13-14H,2-9,12,15H2,1H3. The van der Waals surface area contributed by atoms with Gasteiger partial charge in [-0.3, -0.25) is 4.79 Å². The first-order valence-corrected chi connectivity index (χ1v) is 10.6. The van der Waals surface area contributed by atoms with E-state index in [0.717, 1.165) is 22.7 Å². The molecule has 0 saturated heterocycles. The van der Waals surface area contributed by atoms with Crippen LogP contribution in [-0.2, 0) is 4.79 Å². The number of benzene rings is 1. The van der Waals surface area contributed by atoms with Crippen LogP contribution in [0.15, 0.2) is 28.6 Å². The number of fused-ring (bicyclic) bond motifs is 1. The molecule has 0 aliphatic rings. The Bertz CT molecular complexity index is 561. The highest BCUT2D eigenvalue weighted by Crippen LogP contribution is 2.29. The van der Waals surface area contributed by atoms with E-state index in [2.05, 4.69) is 18.0 Å². The number of hydrogen-bond donors (Lipinski definition) is 0. The summed E-state index contributed by atoms with van der Waals surface area (Å²) in [5.41, 5.74) is 1.04. The van der Waals surface area contributed by atoms with E-state index in [1.807, 2.05) is 18.2 Å². The summed E-state index contributed by atoms with van der Waals surface area (Å²) >= 11 is 3.27. The lowest BCUT2D eigenvalue weighted by Gasteiger charge is -2.01. The van der Waals surface area contributed by atoms with Gasteiger partial charge >= 0.3 is 0 Å². The average Bonchev–Trinajstić information content (AvgIpc) is 2.98. The Hall–Kier alpha value is -0.870. The molecule has 0 N–H and O–H groups in total. The zero-order valence-electron chi connectivity index (χ0n) is 14.1. The average molecular weight is 350 g/mol. The third kappa shape index (κ3) is 7.05. The second-order valence-corrected chi connectivity index (χ2v) is 8.25. The number of hydrogen-bond acceptors (Lipinski definition) is 4. The fourth-order valence-electron chi connectivity index (χ4n) is 2.58. The normalized spacial score (nSPS) is 11.2. The highest BCUT2D eigenvalue weighted by molar-refractivity contribution is 8.01. The fourth-order valence-corrected chi connectivity index (χ4v) is 4.55. The molecule has 2 aromatic rings.